The lowest BCUT2D eigenvalue weighted by Crippen LogP contribution is -2.46. The third-order valence-corrected chi connectivity index (χ3v) is 4.25. The van der Waals surface area contributed by atoms with Crippen molar-refractivity contribution in [3.63, 3.8) is 0 Å². The third-order valence-electron chi connectivity index (χ3n) is 4.25. The number of ketones is 1. The summed E-state index contributed by atoms with van der Waals surface area (Å²) in [7, 11) is 4.03. The van der Waals surface area contributed by atoms with Gasteiger partial charge in [-0.15, -0.1) is 0 Å². The molecule has 0 aliphatic carbocycles. The SMILES string of the molecule is COC(=O)C1N=NN(CCCCC(=O)c2ccc(OC)cc2)C1C(=O)OC. The molecule has 1 heterocycles. The molecule has 0 saturated heterocycles. The van der Waals surface area contributed by atoms with Gasteiger partial charge in [0, 0.05) is 18.5 Å². The minimum Gasteiger partial charge on any atom is -0.497 e. The van der Waals surface area contributed by atoms with Crippen LogP contribution in [0.5, 0.6) is 5.75 Å². The predicted octanol–water partition coefficient (Wildman–Crippen LogP) is 1.81. The molecule has 0 aromatic heterocycles. The first-order chi connectivity index (χ1) is 13.0. The lowest BCUT2D eigenvalue weighted by Gasteiger charge is -2.22. The fourth-order valence-corrected chi connectivity index (χ4v) is 2.74. The zero-order valence-corrected chi connectivity index (χ0v) is 15.6. The van der Waals surface area contributed by atoms with Gasteiger partial charge in [-0.2, -0.15) is 5.11 Å². The van der Waals surface area contributed by atoms with E-state index in [4.69, 9.17) is 9.47 Å². The Bertz CT molecular complexity index is 704. The van der Waals surface area contributed by atoms with E-state index in [0.717, 1.165) is 0 Å². The molecule has 1 aliphatic heterocycles. The van der Waals surface area contributed by atoms with Gasteiger partial charge in [0.25, 0.3) is 0 Å². The molecule has 1 aromatic carbocycles. The van der Waals surface area contributed by atoms with E-state index in [-0.39, 0.29) is 5.78 Å². The Kier molecular flexibility index (Phi) is 7.27. The average Bonchev–Trinajstić information content (AvgIpc) is 3.13. The van der Waals surface area contributed by atoms with Crippen molar-refractivity contribution in [2.24, 2.45) is 10.3 Å². The van der Waals surface area contributed by atoms with E-state index in [1.165, 1.54) is 19.2 Å². The molecule has 2 unspecified atom stereocenters. The number of hydrogen-bond acceptors (Lipinski definition) is 9. The molecular formula is C18H23N3O6. The highest BCUT2D eigenvalue weighted by Gasteiger charge is 2.44. The van der Waals surface area contributed by atoms with Crippen molar-refractivity contribution in [3.05, 3.63) is 29.8 Å². The number of hydrogen-bond donors (Lipinski definition) is 0. The summed E-state index contributed by atoms with van der Waals surface area (Å²) < 4.78 is 14.5. The summed E-state index contributed by atoms with van der Waals surface area (Å²) in [5.74, 6) is -0.534. The van der Waals surface area contributed by atoms with Gasteiger partial charge in [-0.3, -0.25) is 9.80 Å². The third kappa shape index (κ3) is 5.02. The highest BCUT2D eigenvalue weighted by Crippen LogP contribution is 2.21. The van der Waals surface area contributed by atoms with Crippen molar-refractivity contribution in [2.45, 2.75) is 31.3 Å². The Morgan fingerprint density at radius 2 is 1.67 bits per heavy atom. The van der Waals surface area contributed by atoms with Crippen molar-refractivity contribution in [1.29, 1.82) is 0 Å². The minimum atomic E-state index is -1.04. The lowest BCUT2D eigenvalue weighted by molar-refractivity contribution is -0.153. The molecule has 0 radical (unpaired) electrons. The second-order valence-electron chi connectivity index (χ2n) is 5.91. The fourth-order valence-electron chi connectivity index (χ4n) is 2.74. The Morgan fingerprint density at radius 3 is 2.26 bits per heavy atom. The molecule has 2 rings (SSSR count). The fraction of sp³-hybridized carbons (Fsp3) is 0.500. The first-order valence-electron chi connectivity index (χ1n) is 8.52. The Hall–Kier alpha value is -2.97. The summed E-state index contributed by atoms with van der Waals surface area (Å²) in [6.45, 7) is 0.368. The number of Topliss-reactive ketones (excluding diaryl/α,β-unsaturated/α-hetero) is 1. The maximum absolute atomic E-state index is 12.2. The standard InChI is InChI=1S/C18H23N3O6/c1-25-13-9-7-12(8-10-13)14(22)6-4-5-11-21-16(18(24)27-3)15(19-20-21)17(23)26-2/h7-10,15-16H,4-6,11H2,1-3H3. The van der Waals surface area contributed by atoms with Gasteiger partial charge in [0.2, 0.25) is 6.04 Å². The number of rotatable bonds is 9. The van der Waals surface area contributed by atoms with Gasteiger partial charge < -0.3 is 14.2 Å². The van der Waals surface area contributed by atoms with Crippen LogP contribution in [0.15, 0.2) is 34.6 Å². The van der Waals surface area contributed by atoms with Crippen LogP contribution in [-0.2, 0) is 19.1 Å². The molecular weight excluding hydrogens is 354 g/mol. The molecule has 0 bridgehead atoms. The van der Waals surface area contributed by atoms with Crippen molar-refractivity contribution < 1.29 is 28.6 Å². The Morgan fingerprint density at radius 1 is 1.00 bits per heavy atom. The Labute approximate surface area is 157 Å². The number of benzene rings is 1. The van der Waals surface area contributed by atoms with Crippen LogP contribution in [0.4, 0.5) is 0 Å². The maximum Gasteiger partial charge on any atom is 0.335 e. The number of esters is 2. The summed E-state index contributed by atoms with van der Waals surface area (Å²) in [6, 6.07) is 4.95. The van der Waals surface area contributed by atoms with Crippen LogP contribution >= 0.6 is 0 Å². The van der Waals surface area contributed by atoms with Crippen LogP contribution in [-0.4, -0.2) is 62.7 Å². The second kappa shape index (κ2) is 9.65. The zero-order valence-electron chi connectivity index (χ0n) is 15.6. The van der Waals surface area contributed by atoms with Crippen molar-refractivity contribution in [1.82, 2.24) is 5.01 Å². The molecule has 1 aliphatic rings. The van der Waals surface area contributed by atoms with Gasteiger partial charge in [-0.25, -0.2) is 9.59 Å². The van der Waals surface area contributed by atoms with Crippen LogP contribution in [0, 0.1) is 0 Å². The lowest BCUT2D eigenvalue weighted by atomic mass is 10.0. The molecule has 146 valence electrons. The molecule has 9 nitrogen and oxygen atoms in total. The number of unbranched alkanes of at least 4 members (excludes halogenated alkanes) is 1. The predicted molar refractivity (Wildman–Crippen MR) is 94.3 cm³/mol. The first-order valence-corrected chi connectivity index (χ1v) is 8.52. The number of carbonyl (C=O) groups excluding carboxylic acids is 3. The second-order valence-corrected chi connectivity index (χ2v) is 5.91. The van der Waals surface area contributed by atoms with Crippen LogP contribution < -0.4 is 4.74 Å². The van der Waals surface area contributed by atoms with Crippen LogP contribution in [0.2, 0.25) is 0 Å². The van der Waals surface area contributed by atoms with E-state index < -0.39 is 24.0 Å². The molecule has 0 amide bonds. The number of carbonyl (C=O) groups is 3. The molecule has 0 N–H and O–H groups in total. The van der Waals surface area contributed by atoms with Gasteiger partial charge in [0.15, 0.2) is 11.8 Å². The van der Waals surface area contributed by atoms with E-state index in [2.05, 4.69) is 15.1 Å². The maximum atomic E-state index is 12.2. The largest absolute Gasteiger partial charge is 0.497 e. The van der Waals surface area contributed by atoms with Crippen molar-refractivity contribution in [3.8, 4) is 5.75 Å². The number of nitrogens with zero attached hydrogens (tertiary/aromatic N) is 3. The Balaban J connectivity index is 1.84. The molecule has 9 heteroatoms. The van der Waals surface area contributed by atoms with Crippen molar-refractivity contribution >= 4 is 17.7 Å². The van der Waals surface area contributed by atoms with E-state index in [9.17, 15) is 14.4 Å². The van der Waals surface area contributed by atoms with E-state index in [0.29, 0.717) is 37.1 Å². The smallest absolute Gasteiger partial charge is 0.335 e. The summed E-state index contributed by atoms with van der Waals surface area (Å²) in [5.41, 5.74) is 0.620. The summed E-state index contributed by atoms with van der Waals surface area (Å²) in [6.07, 6.45) is 1.57. The monoisotopic (exact) mass is 377 g/mol. The highest BCUT2D eigenvalue weighted by atomic mass is 16.5. The van der Waals surface area contributed by atoms with Gasteiger partial charge >= 0.3 is 11.9 Å². The van der Waals surface area contributed by atoms with Gasteiger partial charge in [-0.05, 0) is 37.1 Å². The minimum absolute atomic E-state index is 0.0256. The van der Waals surface area contributed by atoms with Crippen LogP contribution in [0.25, 0.3) is 0 Å². The number of methoxy groups -OCH3 is 3. The zero-order chi connectivity index (χ0) is 19.8. The molecule has 27 heavy (non-hydrogen) atoms. The normalized spacial score (nSPS) is 18.3. The number of ether oxygens (including phenoxy) is 3. The highest BCUT2D eigenvalue weighted by molar-refractivity contribution is 5.96. The van der Waals surface area contributed by atoms with E-state index in [1.807, 2.05) is 0 Å². The topological polar surface area (TPSA) is 107 Å². The average molecular weight is 377 g/mol. The molecule has 0 fully saturated rings. The van der Waals surface area contributed by atoms with Gasteiger partial charge in [0.1, 0.15) is 5.75 Å². The molecule has 0 saturated carbocycles. The first kappa shape index (κ1) is 20.3. The quantitative estimate of drug-likeness (QED) is 0.367. The van der Waals surface area contributed by atoms with Crippen molar-refractivity contribution in [2.75, 3.05) is 27.9 Å². The summed E-state index contributed by atoms with van der Waals surface area (Å²) in [5, 5.41) is 9.11. The molecule has 2 atom stereocenters. The van der Waals surface area contributed by atoms with E-state index >= 15 is 0 Å². The van der Waals surface area contributed by atoms with E-state index in [1.54, 1.807) is 31.4 Å². The van der Waals surface area contributed by atoms with Crippen LogP contribution in [0.3, 0.4) is 0 Å². The summed E-state index contributed by atoms with van der Waals surface area (Å²) in [4.78, 5) is 35.9. The van der Waals surface area contributed by atoms with Gasteiger partial charge in [0.05, 0.1) is 21.3 Å². The molecule has 0 spiro atoms. The van der Waals surface area contributed by atoms with Gasteiger partial charge in [-0.1, -0.05) is 5.22 Å². The molecule has 1 aromatic rings. The summed E-state index contributed by atoms with van der Waals surface area (Å²) >= 11 is 0. The van der Waals surface area contributed by atoms with Crippen LogP contribution in [0.1, 0.15) is 29.6 Å².